The number of carbonyl (C=O) groups is 1. The smallest absolute Gasteiger partial charge is 0.240 e. The summed E-state index contributed by atoms with van der Waals surface area (Å²) in [5.41, 5.74) is 0. The lowest BCUT2D eigenvalue weighted by Gasteiger charge is -2.27. The van der Waals surface area contributed by atoms with E-state index in [-0.39, 0.29) is 11.3 Å². The first-order valence-corrected chi connectivity index (χ1v) is 5.06. The zero-order valence-electron chi connectivity index (χ0n) is 7.29. The molecule has 1 amide bonds. The molecule has 0 radical (unpaired) electrons. The Morgan fingerprint density at radius 2 is 2.33 bits per heavy atom. The van der Waals surface area contributed by atoms with E-state index in [9.17, 15) is 4.79 Å². The second kappa shape index (κ2) is 2.91. The number of carbonyl (C=O) groups excluding carboxylic acids is 1. The Kier molecular flexibility index (Phi) is 2.03. The Morgan fingerprint density at radius 3 is 2.75 bits per heavy atom. The van der Waals surface area contributed by atoms with E-state index in [0.717, 1.165) is 12.5 Å². The number of hydrogen-bond acceptors (Lipinski definition) is 1. The minimum absolute atomic E-state index is 0.129. The van der Waals surface area contributed by atoms with Gasteiger partial charge in [-0.25, -0.2) is 0 Å². The van der Waals surface area contributed by atoms with Crippen molar-refractivity contribution in [2.75, 3.05) is 6.54 Å². The fraction of sp³-hybridized carbons (Fsp3) is 0.889. The molecule has 0 aromatic carbocycles. The number of nitrogens with zero attached hydrogens (tertiary/aromatic N) is 1. The van der Waals surface area contributed by atoms with E-state index in [1.807, 2.05) is 4.90 Å². The van der Waals surface area contributed by atoms with Crippen LogP contribution in [0.5, 0.6) is 0 Å². The number of piperidine rings is 1. The van der Waals surface area contributed by atoms with Crippen molar-refractivity contribution in [3.05, 3.63) is 0 Å². The van der Waals surface area contributed by atoms with Gasteiger partial charge in [-0.1, -0.05) is 0 Å². The molecule has 2 rings (SSSR count). The van der Waals surface area contributed by atoms with Crippen molar-refractivity contribution < 1.29 is 4.79 Å². The van der Waals surface area contributed by atoms with Gasteiger partial charge < -0.3 is 4.90 Å². The topological polar surface area (TPSA) is 20.3 Å². The molecule has 12 heavy (non-hydrogen) atoms. The Balaban J connectivity index is 2.02. The third-order valence-electron chi connectivity index (χ3n) is 3.03. The number of alkyl halides is 1. The second-order valence-corrected chi connectivity index (χ2v) is 4.59. The standard InChI is InChI=1S/C9H14ClNO/c1-6(10)9(12)11-5-7-2-3-8(11)4-7/h6-8H,2-5H2,1H3. The van der Waals surface area contributed by atoms with Crippen molar-refractivity contribution in [3.8, 4) is 0 Å². The summed E-state index contributed by atoms with van der Waals surface area (Å²) >= 11 is 5.75. The number of hydrogen-bond donors (Lipinski definition) is 0. The van der Waals surface area contributed by atoms with Crippen molar-refractivity contribution in [1.82, 2.24) is 4.90 Å². The maximum Gasteiger partial charge on any atom is 0.240 e. The van der Waals surface area contributed by atoms with Crippen LogP contribution < -0.4 is 0 Å². The SMILES string of the molecule is CC(Cl)C(=O)N1CC2CCC1C2. The van der Waals surface area contributed by atoms with E-state index >= 15 is 0 Å². The fourth-order valence-electron chi connectivity index (χ4n) is 2.42. The van der Waals surface area contributed by atoms with Gasteiger partial charge in [-0.05, 0) is 32.1 Å². The molecule has 1 heterocycles. The molecular weight excluding hydrogens is 174 g/mol. The Hall–Kier alpha value is -0.240. The van der Waals surface area contributed by atoms with Gasteiger partial charge in [0.15, 0.2) is 0 Å². The van der Waals surface area contributed by atoms with Gasteiger partial charge in [0.1, 0.15) is 5.38 Å². The van der Waals surface area contributed by atoms with Crippen LogP contribution in [0, 0.1) is 5.92 Å². The van der Waals surface area contributed by atoms with Crippen LogP contribution in [0.3, 0.4) is 0 Å². The first-order chi connectivity index (χ1) is 5.68. The zero-order valence-corrected chi connectivity index (χ0v) is 8.05. The van der Waals surface area contributed by atoms with Crippen molar-refractivity contribution >= 4 is 17.5 Å². The summed E-state index contributed by atoms with van der Waals surface area (Å²) in [5.74, 6) is 0.901. The average Bonchev–Trinajstić information content (AvgIpc) is 2.62. The van der Waals surface area contributed by atoms with E-state index in [1.165, 1.54) is 19.3 Å². The highest BCUT2D eigenvalue weighted by atomic mass is 35.5. The van der Waals surface area contributed by atoms with Crippen molar-refractivity contribution in [3.63, 3.8) is 0 Å². The lowest BCUT2D eigenvalue weighted by atomic mass is 10.1. The molecule has 0 aromatic heterocycles. The first-order valence-electron chi connectivity index (χ1n) is 4.63. The summed E-state index contributed by atoms with van der Waals surface area (Å²) < 4.78 is 0. The lowest BCUT2D eigenvalue weighted by Crippen LogP contribution is -2.41. The highest BCUT2D eigenvalue weighted by Crippen LogP contribution is 2.37. The van der Waals surface area contributed by atoms with E-state index in [0.29, 0.717) is 6.04 Å². The molecule has 68 valence electrons. The molecule has 3 unspecified atom stereocenters. The van der Waals surface area contributed by atoms with Crippen LogP contribution in [0.25, 0.3) is 0 Å². The molecule has 2 nitrogen and oxygen atoms in total. The third-order valence-corrected chi connectivity index (χ3v) is 3.22. The number of fused-ring (bicyclic) bond motifs is 2. The minimum Gasteiger partial charge on any atom is -0.338 e. The molecule has 0 spiro atoms. The second-order valence-electron chi connectivity index (χ2n) is 3.94. The Labute approximate surface area is 77.9 Å². The van der Waals surface area contributed by atoms with Gasteiger partial charge in [0.05, 0.1) is 0 Å². The molecule has 1 saturated heterocycles. The number of halogens is 1. The molecule has 1 aliphatic heterocycles. The molecular formula is C9H14ClNO. The van der Waals surface area contributed by atoms with Gasteiger partial charge in [-0.2, -0.15) is 0 Å². The Morgan fingerprint density at radius 1 is 1.58 bits per heavy atom. The van der Waals surface area contributed by atoms with Crippen LogP contribution in [0.4, 0.5) is 0 Å². The maximum atomic E-state index is 11.5. The van der Waals surface area contributed by atoms with E-state index < -0.39 is 0 Å². The molecule has 2 aliphatic rings. The highest BCUT2D eigenvalue weighted by Gasteiger charge is 2.40. The molecule has 3 heteroatoms. The van der Waals surface area contributed by atoms with Crippen molar-refractivity contribution in [2.45, 2.75) is 37.6 Å². The predicted molar refractivity (Wildman–Crippen MR) is 48.2 cm³/mol. The van der Waals surface area contributed by atoms with Gasteiger partial charge in [0.2, 0.25) is 5.91 Å². The molecule has 3 atom stereocenters. The van der Waals surface area contributed by atoms with Crippen LogP contribution in [0.15, 0.2) is 0 Å². The predicted octanol–water partition coefficient (Wildman–Crippen LogP) is 1.62. The first kappa shape index (κ1) is 8.36. The van der Waals surface area contributed by atoms with E-state index in [2.05, 4.69) is 0 Å². The summed E-state index contributed by atoms with van der Waals surface area (Å²) in [7, 11) is 0. The van der Waals surface area contributed by atoms with Crippen molar-refractivity contribution in [2.24, 2.45) is 5.92 Å². The quantitative estimate of drug-likeness (QED) is 0.572. The van der Waals surface area contributed by atoms with Gasteiger partial charge >= 0.3 is 0 Å². The van der Waals surface area contributed by atoms with Crippen LogP contribution in [0.1, 0.15) is 26.2 Å². The maximum absolute atomic E-state index is 11.5. The largest absolute Gasteiger partial charge is 0.338 e. The number of amides is 1. The lowest BCUT2D eigenvalue weighted by molar-refractivity contribution is -0.132. The minimum atomic E-state index is -0.343. The van der Waals surface area contributed by atoms with Crippen LogP contribution in [-0.4, -0.2) is 28.8 Å². The summed E-state index contributed by atoms with van der Waals surface area (Å²) in [5, 5.41) is -0.343. The summed E-state index contributed by atoms with van der Waals surface area (Å²) in [6.07, 6.45) is 3.72. The number of likely N-dealkylation sites (tertiary alicyclic amines) is 1. The highest BCUT2D eigenvalue weighted by molar-refractivity contribution is 6.30. The summed E-state index contributed by atoms with van der Waals surface area (Å²) in [4.78, 5) is 13.5. The molecule has 0 N–H and O–H groups in total. The normalized spacial score (nSPS) is 35.7. The van der Waals surface area contributed by atoms with Gasteiger partial charge in [0.25, 0.3) is 0 Å². The molecule has 1 saturated carbocycles. The Bertz CT molecular complexity index is 205. The molecule has 2 fully saturated rings. The van der Waals surface area contributed by atoms with Crippen LogP contribution >= 0.6 is 11.6 Å². The van der Waals surface area contributed by atoms with Gasteiger partial charge in [0, 0.05) is 12.6 Å². The summed E-state index contributed by atoms with van der Waals surface area (Å²) in [6, 6.07) is 0.517. The zero-order chi connectivity index (χ0) is 8.72. The average molecular weight is 188 g/mol. The van der Waals surface area contributed by atoms with E-state index in [1.54, 1.807) is 6.92 Å². The fourth-order valence-corrected chi connectivity index (χ4v) is 2.55. The number of rotatable bonds is 1. The van der Waals surface area contributed by atoms with Crippen molar-refractivity contribution in [1.29, 1.82) is 0 Å². The van der Waals surface area contributed by atoms with Crippen LogP contribution in [0.2, 0.25) is 0 Å². The monoisotopic (exact) mass is 187 g/mol. The van der Waals surface area contributed by atoms with Crippen LogP contribution in [-0.2, 0) is 4.79 Å². The van der Waals surface area contributed by atoms with E-state index in [4.69, 9.17) is 11.6 Å². The van der Waals surface area contributed by atoms with Gasteiger partial charge in [-0.15, -0.1) is 11.6 Å². The molecule has 1 aliphatic carbocycles. The third kappa shape index (κ3) is 1.22. The summed E-state index contributed by atoms with van der Waals surface area (Å²) in [6.45, 7) is 2.72. The molecule has 0 aromatic rings. The molecule has 2 bridgehead atoms. The van der Waals surface area contributed by atoms with Gasteiger partial charge in [-0.3, -0.25) is 4.79 Å².